The summed E-state index contributed by atoms with van der Waals surface area (Å²) in [5.74, 6) is 0.921. The Kier molecular flexibility index (Phi) is 4.01. The predicted octanol–water partition coefficient (Wildman–Crippen LogP) is 2.91. The second-order valence-corrected chi connectivity index (χ2v) is 4.53. The number of rotatable bonds is 5. The molecule has 20 heavy (non-hydrogen) atoms. The van der Waals surface area contributed by atoms with Gasteiger partial charge in [0, 0.05) is 25.0 Å². The van der Waals surface area contributed by atoms with Crippen molar-refractivity contribution in [2.45, 2.75) is 32.5 Å². The molecule has 2 aromatic rings. The van der Waals surface area contributed by atoms with Crippen molar-refractivity contribution in [3.8, 4) is 0 Å². The standard InChI is InChI=1S/C12H16F3N5/c1-3-16-9-7-20-5-4-17-11(20)10(19-9)18-8(2)6-12(13,14)15/h4-5,7-8,16H,3,6H2,1-2H3,(H,18,19). The maximum atomic E-state index is 12.4. The van der Waals surface area contributed by atoms with Gasteiger partial charge in [-0.15, -0.1) is 0 Å². The first-order chi connectivity index (χ1) is 9.39. The van der Waals surface area contributed by atoms with E-state index in [-0.39, 0.29) is 0 Å². The lowest BCUT2D eigenvalue weighted by molar-refractivity contribution is -0.136. The Bertz CT molecular complexity index is 578. The molecule has 0 fully saturated rings. The van der Waals surface area contributed by atoms with E-state index in [9.17, 15) is 13.2 Å². The highest BCUT2D eigenvalue weighted by molar-refractivity contribution is 5.65. The van der Waals surface area contributed by atoms with Gasteiger partial charge in [-0.25, -0.2) is 9.97 Å². The fraction of sp³-hybridized carbons (Fsp3) is 0.500. The summed E-state index contributed by atoms with van der Waals surface area (Å²) in [5, 5.41) is 5.80. The number of anilines is 2. The molecule has 2 heterocycles. The third-order valence-electron chi connectivity index (χ3n) is 2.65. The van der Waals surface area contributed by atoms with Crippen LogP contribution in [0, 0.1) is 0 Å². The van der Waals surface area contributed by atoms with Crippen LogP contribution in [0.1, 0.15) is 20.3 Å². The summed E-state index contributed by atoms with van der Waals surface area (Å²) in [5.41, 5.74) is 0.501. The van der Waals surface area contributed by atoms with Crippen molar-refractivity contribution in [3.05, 3.63) is 18.6 Å². The lowest BCUT2D eigenvalue weighted by Crippen LogP contribution is -2.24. The minimum atomic E-state index is -4.21. The van der Waals surface area contributed by atoms with Crippen LogP contribution in [0.3, 0.4) is 0 Å². The summed E-state index contributed by atoms with van der Waals surface area (Å²) in [6, 6.07) is -0.778. The van der Waals surface area contributed by atoms with Gasteiger partial charge in [-0.1, -0.05) is 0 Å². The number of imidazole rings is 1. The highest BCUT2D eigenvalue weighted by Gasteiger charge is 2.30. The molecule has 0 amide bonds. The summed E-state index contributed by atoms with van der Waals surface area (Å²) < 4.78 is 38.8. The Morgan fingerprint density at radius 2 is 2.15 bits per heavy atom. The van der Waals surface area contributed by atoms with Crippen LogP contribution < -0.4 is 10.6 Å². The zero-order valence-electron chi connectivity index (χ0n) is 11.2. The van der Waals surface area contributed by atoms with Gasteiger partial charge in [0.1, 0.15) is 5.82 Å². The van der Waals surface area contributed by atoms with E-state index in [2.05, 4.69) is 20.6 Å². The molecule has 0 bridgehead atoms. The number of hydrogen-bond donors (Lipinski definition) is 2. The lowest BCUT2D eigenvalue weighted by atomic mass is 10.2. The zero-order chi connectivity index (χ0) is 14.8. The van der Waals surface area contributed by atoms with Crippen LogP contribution in [0.5, 0.6) is 0 Å². The number of halogens is 3. The predicted molar refractivity (Wildman–Crippen MR) is 70.9 cm³/mol. The van der Waals surface area contributed by atoms with E-state index in [4.69, 9.17) is 0 Å². The molecule has 0 spiro atoms. The first-order valence-electron chi connectivity index (χ1n) is 6.30. The summed E-state index contributed by atoms with van der Waals surface area (Å²) in [6.07, 6.45) is -0.0976. The number of nitrogens with one attached hydrogen (secondary N) is 2. The Hall–Kier alpha value is -1.99. The van der Waals surface area contributed by atoms with Gasteiger partial charge < -0.3 is 15.0 Å². The fourth-order valence-electron chi connectivity index (χ4n) is 1.93. The molecule has 0 radical (unpaired) electrons. The van der Waals surface area contributed by atoms with E-state index in [0.29, 0.717) is 23.8 Å². The van der Waals surface area contributed by atoms with Crippen LogP contribution in [0.15, 0.2) is 18.6 Å². The van der Waals surface area contributed by atoms with Crippen molar-refractivity contribution >= 4 is 17.3 Å². The molecule has 0 saturated carbocycles. The van der Waals surface area contributed by atoms with E-state index in [1.165, 1.54) is 6.92 Å². The van der Waals surface area contributed by atoms with Gasteiger partial charge in [0.15, 0.2) is 11.5 Å². The van der Waals surface area contributed by atoms with Gasteiger partial charge in [-0.05, 0) is 13.8 Å². The lowest BCUT2D eigenvalue weighted by Gasteiger charge is -2.17. The van der Waals surface area contributed by atoms with Crippen LogP contribution in [0.25, 0.3) is 5.65 Å². The highest BCUT2D eigenvalue weighted by atomic mass is 19.4. The van der Waals surface area contributed by atoms with Gasteiger partial charge in [0.25, 0.3) is 0 Å². The van der Waals surface area contributed by atoms with Gasteiger partial charge >= 0.3 is 6.18 Å². The van der Waals surface area contributed by atoms with Crippen LogP contribution in [-0.2, 0) is 0 Å². The number of fused-ring (bicyclic) bond motifs is 1. The Morgan fingerprint density at radius 1 is 1.40 bits per heavy atom. The van der Waals surface area contributed by atoms with Crippen molar-refractivity contribution in [1.82, 2.24) is 14.4 Å². The monoisotopic (exact) mass is 287 g/mol. The molecule has 110 valence electrons. The summed E-state index contributed by atoms with van der Waals surface area (Å²) in [7, 11) is 0. The van der Waals surface area contributed by atoms with E-state index in [1.54, 1.807) is 23.0 Å². The maximum absolute atomic E-state index is 12.4. The molecule has 0 aromatic carbocycles. The second kappa shape index (κ2) is 5.56. The molecular weight excluding hydrogens is 271 g/mol. The number of nitrogens with zero attached hydrogens (tertiary/aromatic N) is 3. The first kappa shape index (κ1) is 14.4. The van der Waals surface area contributed by atoms with Gasteiger partial charge in [0.05, 0.1) is 12.6 Å². The van der Waals surface area contributed by atoms with Crippen molar-refractivity contribution < 1.29 is 13.2 Å². The zero-order valence-corrected chi connectivity index (χ0v) is 11.2. The van der Waals surface area contributed by atoms with Gasteiger partial charge in [-0.2, -0.15) is 13.2 Å². The van der Waals surface area contributed by atoms with E-state index in [0.717, 1.165) is 0 Å². The van der Waals surface area contributed by atoms with E-state index in [1.807, 2.05) is 6.92 Å². The van der Waals surface area contributed by atoms with E-state index < -0.39 is 18.6 Å². The van der Waals surface area contributed by atoms with Crippen LogP contribution in [0.4, 0.5) is 24.8 Å². The van der Waals surface area contributed by atoms with Gasteiger partial charge in [0.2, 0.25) is 0 Å². The number of aromatic nitrogens is 3. The van der Waals surface area contributed by atoms with Gasteiger partial charge in [-0.3, -0.25) is 0 Å². The molecule has 2 aromatic heterocycles. The normalized spacial score (nSPS) is 13.4. The quantitative estimate of drug-likeness (QED) is 0.888. The molecule has 8 heteroatoms. The van der Waals surface area contributed by atoms with Crippen LogP contribution in [0.2, 0.25) is 0 Å². The molecule has 1 atom stereocenters. The largest absolute Gasteiger partial charge is 0.391 e. The number of hydrogen-bond acceptors (Lipinski definition) is 4. The third-order valence-corrected chi connectivity index (χ3v) is 2.65. The summed E-state index contributed by atoms with van der Waals surface area (Å²) in [4.78, 5) is 8.36. The second-order valence-electron chi connectivity index (χ2n) is 4.53. The smallest absolute Gasteiger partial charge is 0.369 e. The molecule has 0 saturated heterocycles. The van der Waals surface area contributed by atoms with Crippen molar-refractivity contribution in [3.63, 3.8) is 0 Å². The first-order valence-corrected chi connectivity index (χ1v) is 6.30. The molecule has 0 aliphatic carbocycles. The third kappa shape index (κ3) is 3.52. The molecular formula is C12H16F3N5. The Labute approximate surface area is 114 Å². The maximum Gasteiger partial charge on any atom is 0.391 e. The molecule has 0 aliphatic heterocycles. The van der Waals surface area contributed by atoms with Crippen LogP contribution in [-0.4, -0.2) is 33.1 Å². The molecule has 1 unspecified atom stereocenters. The highest BCUT2D eigenvalue weighted by Crippen LogP contribution is 2.24. The van der Waals surface area contributed by atoms with Crippen molar-refractivity contribution in [2.24, 2.45) is 0 Å². The molecule has 0 aliphatic rings. The molecule has 5 nitrogen and oxygen atoms in total. The van der Waals surface area contributed by atoms with Crippen molar-refractivity contribution in [2.75, 3.05) is 17.2 Å². The fourth-order valence-corrected chi connectivity index (χ4v) is 1.93. The molecule has 2 rings (SSSR count). The summed E-state index contributed by atoms with van der Waals surface area (Å²) >= 11 is 0. The summed E-state index contributed by atoms with van der Waals surface area (Å²) in [6.45, 7) is 4.05. The average Bonchev–Trinajstić information content (AvgIpc) is 2.74. The topological polar surface area (TPSA) is 54.2 Å². The Morgan fingerprint density at radius 3 is 2.80 bits per heavy atom. The van der Waals surface area contributed by atoms with Crippen LogP contribution >= 0.6 is 0 Å². The Balaban J connectivity index is 2.25. The minimum absolute atomic E-state index is 0.338. The van der Waals surface area contributed by atoms with E-state index >= 15 is 0 Å². The van der Waals surface area contributed by atoms with Crippen molar-refractivity contribution in [1.29, 1.82) is 0 Å². The molecule has 2 N–H and O–H groups in total. The SMILES string of the molecule is CCNc1cn2ccnc2c(NC(C)CC(F)(F)F)n1. The number of alkyl halides is 3. The minimum Gasteiger partial charge on any atom is -0.369 e. The average molecular weight is 287 g/mol.